The van der Waals surface area contributed by atoms with Crippen LogP contribution >= 0.6 is 0 Å². The number of halogens is 2. The first kappa shape index (κ1) is 12.2. The summed E-state index contributed by atoms with van der Waals surface area (Å²) >= 11 is 0. The molecule has 1 heterocycles. The summed E-state index contributed by atoms with van der Waals surface area (Å²) in [6, 6.07) is 3.03. The fourth-order valence-electron chi connectivity index (χ4n) is 1.87. The first-order chi connectivity index (χ1) is 8.60. The zero-order valence-corrected chi connectivity index (χ0v) is 10.0. The average molecular weight is 247 g/mol. The average Bonchev–Trinajstić information content (AvgIpc) is 2.36. The Hall–Kier alpha value is -2.22. The van der Waals surface area contributed by atoms with Gasteiger partial charge in [0, 0.05) is 12.7 Å². The summed E-state index contributed by atoms with van der Waals surface area (Å²) in [4.78, 5) is 3.82. The monoisotopic (exact) mass is 247 g/mol. The fourth-order valence-corrected chi connectivity index (χ4v) is 1.87. The van der Waals surface area contributed by atoms with Crippen molar-refractivity contribution in [2.24, 2.45) is 0 Å². The van der Waals surface area contributed by atoms with E-state index < -0.39 is 11.6 Å². The second-order valence-electron chi connectivity index (χ2n) is 3.90. The van der Waals surface area contributed by atoms with Gasteiger partial charge in [-0.2, -0.15) is 5.26 Å². The molecule has 0 saturated carbocycles. The normalized spacial score (nSPS) is 10.4. The Kier molecular flexibility index (Phi) is 3.11. The quantitative estimate of drug-likeness (QED) is 0.886. The largest absolute Gasteiger partial charge is 0.384 e. The molecule has 0 aliphatic heterocycles. The second-order valence-corrected chi connectivity index (χ2v) is 3.90. The smallest absolute Gasteiger partial charge is 0.149 e. The van der Waals surface area contributed by atoms with Crippen molar-refractivity contribution in [1.82, 2.24) is 4.98 Å². The lowest BCUT2D eigenvalue weighted by Crippen LogP contribution is -2.04. The minimum atomic E-state index is -0.590. The highest BCUT2D eigenvalue weighted by molar-refractivity contribution is 5.95. The molecule has 0 atom stereocenters. The molecule has 0 spiro atoms. The lowest BCUT2D eigenvalue weighted by atomic mass is 10.1. The summed E-state index contributed by atoms with van der Waals surface area (Å²) in [6.45, 7) is 3.80. The van der Waals surface area contributed by atoms with Gasteiger partial charge < -0.3 is 5.32 Å². The molecule has 0 radical (unpaired) electrons. The SMILES string of the molecule is CCNc1c(C#N)cnc2c(F)cc(C)c(F)c12. The molecule has 1 N–H and O–H groups in total. The number of nitrogens with zero attached hydrogens (tertiary/aromatic N) is 2. The van der Waals surface area contributed by atoms with Crippen LogP contribution < -0.4 is 5.32 Å². The van der Waals surface area contributed by atoms with Crippen molar-refractivity contribution in [3.63, 3.8) is 0 Å². The third kappa shape index (κ3) is 1.76. The van der Waals surface area contributed by atoms with Gasteiger partial charge in [0.05, 0.1) is 16.6 Å². The standard InChI is InChI=1S/C13H11F2N3/c1-3-17-12-8(5-16)6-18-13-9(14)4-7(2)11(15)10(12)13/h4,6H,3H2,1-2H3,(H,17,18). The molecule has 2 rings (SSSR count). The minimum absolute atomic E-state index is 0.0356. The van der Waals surface area contributed by atoms with Crippen LogP contribution in [0.2, 0.25) is 0 Å². The highest BCUT2D eigenvalue weighted by atomic mass is 19.1. The number of benzene rings is 1. The number of anilines is 1. The molecule has 0 fully saturated rings. The maximum Gasteiger partial charge on any atom is 0.149 e. The molecule has 0 saturated heterocycles. The van der Waals surface area contributed by atoms with Gasteiger partial charge in [0.2, 0.25) is 0 Å². The summed E-state index contributed by atoms with van der Waals surface area (Å²) in [5.74, 6) is -1.14. The molecule has 0 bridgehead atoms. The van der Waals surface area contributed by atoms with Crippen molar-refractivity contribution in [1.29, 1.82) is 5.26 Å². The summed E-state index contributed by atoms with van der Waals surface area (Å²) < 4.78 is 27.9. The molecule has 2 aromatic rings. The fraction of sp³-hybridized carbons (Fsp3) is 0.231. The molecule has 0 amide bonds. The van der Waals surface area contributed by atoms with Crippen molar-refractivity contribution in [3.05, 3.63) is 35.0 Å². The van der Waals surface area contributed by atoms with Crippen LogP contribution in [0.3, 0.4) is 0 Å². The van der Waals surface area contributed by atoms with Gasteiger partial charge in [-0.3, -0.25) is 4.98 Å². The van der Waals surface area contributed by atoms with E-state index in [0.29, 0.717) is 12.2 Å². The minimum Gasteiger partial charge on any atom is -0.384 e. The second kappa shape index (κ2) is 4.57. The van der Waals surface area contributed by atoms with Gasteiger partial charge in [-0.1, -0.05) is 0 Å². The summed E-state index contributed by atoms with van der Waals surface area (Å²) in [7, 11) is 0. The number of rotatable bonds is 2. The molecule has 92 valence electrons. The number of nitrogens with one attached hydrogen (secondary N) is 1. The van der Waals surface area contributed by atoms with Gasteiger partial charge in [-0.05, 0) is 25.5 Å². The Balaban J connectivity index is 2.95. The third-order valence-electron chi connectivity index (χ3n) is 2.69. The van der Waals surface area contributed by atoms with Crippen LogP contribution in [0, 0.1) is 29.9 Å². The van der Waals surface area contributed by atoms with E-state index in [9.17, 15) is 8.78 Å². The van der Waals surface area contributed by atoms with E-state index in [-0.39, 0.29) is 22.0 Å². The first-order valence-corrected chi connectivity index (χ1v) is 5.51. The third-order valence-corrected chi connectivity index (χ3v) is 2.69. The Morgan fingerprint density at radius 3 is 2.78 bits per heavy atom. The predicted molar refractivity (Wildman–Crippen MR) is 65.3 cm³/mol. The Morgan fingerprint density at radius 2 is 2.17 bits per heavy atom. The Bertz CT molecular complexity index is 660. The van der Waals surface area contributed by atoms with Crippen LogP contribution in [0.15, 0.2) is 12.3 Å². The maximum atomic E-state index is 14.1. The van der Waals surface area contributed by atoms with Crippen molar-refractivity contribution < 1.29 is 8.78 Å². The van der Waals surface area contributed by atoms with Crippen molar-refractivity contribution in [3.8, 4) is 6.07 Å². The zero-order chi connectivity index (χ0) is 13.3. The molecule has 0 unspecified atom stereocenters. The number of nitriles is 1. The van der Waals surface area contributed by atoms with Crippen LogP contribution in [-0.4, -0.2) is 11.5 Å². The van der Waals surface area contributed by atoms with E-state index >= 15 is 0 Å². The van der Waals surface area contributed by atoms with Crippen LogP contribution in [0.5, 0.6) is 0 Å². The summed E-state index contributed by atoms with van der Waals surface area (Å²) in [5.41, 5.74) is 0.627. The highest BCUT2D eigenvalue weighted by Crippen LogP contribution is 2.31. The number of aromatic nitrogens is 1. The van der Waals surface area contributed by atoms with Crippen LogP contribution in [0.25, 0.3) is 10.9 Å². The van der Waals surface area contributed by atoms with E-state index in [1.807, 2.05) is 13.0 Å². The number of aryl methyl sites for hydroxylation is 1. The molecule has 0 aliphatic carbocycles. The van der Waals surface area contributed by atoms with Crippen LogP contribution in [0.1, 0.15) is 18.1 Å². The van der Waals surface area contributed by atoms with Gasteiger partial charge in [0.15, 0.2) is 0 Å². The van der Waals surface area contributed by atoms with Gasteiger partial charge in [-0.15, -0.1) is 0 Å². The molecular formula is C13H11F2N3. The first-order valence-electron chi connectivity index (χ1n) is 5.51. The number of fused-ring (bicyclic) bond motifs is 1. The molecule has 1 aromatic heterocycles. The van der Waals surface area contributed by atoms with Gasteiger partial charge in [0.25, 0.3) is 0 Å². The van der Waals surface area contributed by atoms with Crippen LogP contribution in [-0.2, 0) is 0 Å². The van der Waals surface area contributed by atoms with Crippen molar-refractivity contribution in [2.75, 3.05) is 11.9 Å². The van der Waals surface area contributed by atoms with E-state index in [0.717, 1.165) is 6.07 Å². The molecule has 0 aliphatic rings. The van der Waals surface area contributed by atoms with Gasteiger partial charge in [-0.25, -0.2) is 8.78 Å². The van der Waals surface area contributed by atoms with E-state index in [4.69, 9.17) is 5.26 Å². The van der Waals surface area contributed by atoms with E-state index in [1.54, 1.807) is 0 Å². The topological polar surface area (TPSA) is 48.7 Å². The predicted octanol–water partition coefficient (Wildman–Crippen LogP) is 3.12. The molecular weight excluding hydrogens is 236 g/mol. The number of pyridine rings is 1. The molecule has 1 aromatic carbocycles. The van der Waals surface area contributed by atoms with E-state index in [1.165, 1.54) is 13.1 Å². The number of hydrogen-bond acceptors (Lipinski definition) is 3. The zero-order valence-electron chi connectivity index (χ0n) is 10.0. The lowest BCUT2D eigenvalue weighted by Gasteiger charge is -2.12. The number of hydrogen-bond donors (Lipinski definition) is 1. The Labute approximate surface area is 103 Å². The summed E-state index contributed by atoms with van der Waals surface area (Å²) in [5, 5.41) is 11.9. The van der Waals surface area contributed by atoms with Gasteiger partial charge in [0.1, 0.15) is 23.2 Å². The van der Waals surface area contributed by atoms with Crippen molar-refractivity contribution in [2.45, 2.75) is 13.8 Å². The molecule has 3 nitrogen and oxygen atoms in total. The summed E-state index contributed by atoms with van der Waals surface area (Å²) in [6.07, 6.45) is 1.25. The van der Waals surface area contributed by atoms with E-state index in [2.05, 4.69) is 10.3 Å². The maximum absolute atomic E-state index is 14.1. The lowest BCUT2D eigenvalue weighted by molar-refractivity contribution is 0.608. The van der Waals surface area contributed by atoms with Gasteiger partial charge >= 0.3 is 0 Å². The van der Waals surface area contributed by atoms with Crippen molar-refractivity contribution >= 4 is 16.6 Å². The molecule has 18 heavy (non-hydrogen) atoms. The highest BCUT2D eigenvalue weighted by Gasteiger charge is 2.17. The van der Waals surface area contributed by atoms with Crippen LogP contribution in [0.4, 0.5) is 14.5 Å². The Morgan fingerprint density at radius 1 is 1.44 bits per heavy atom. The molecule has 5 heteroatoms.